The molecule has 130 valence electrons. The maximum atomic E-state index is 12.2. The smallest absolute Gasteiger partial charge is 0.314 e. The molecule has 0 spiro atoms. The minimum Gasteiger partial charge on any atom is -0.346 e. The first kappa shape index (κ1) is 15.6. The predicted molar refractivity (Wildman–Crippen MR) is 89.6 cm³/mol. The van der Waals surface area contributed by atoms with E-state index in [0.29, 0.717) is 18.4 Å². The van der Waals surface area contributed by atoms with Crippen LogP contribution in [-0.4, -0.2) is 51.7 Å². The molecule has 2 amide bonds. The number of rotatable bonds is 4. The van der Waals surface area contributed by atoms with E-state index in [1.54, 1.807) is 4.68 Å². The second kappa shape index (κ2) is 6.20. The van der Waals surface area contributed by atoms with Crippen molar-refractivity contribution in [3.8, 4) is 0 Å². The molecule has 24 heavy (non-hydrogen) atoms. The molecule has 2 aliphatic carbocycles. The molecule has 3 aliphatic rings. The Balaban J connectivity index is 1.32. The molecule has 1 unspecified atom stereocenters. The van der Waals surface area contributed by atoms with Gasteiger partial charge in [-0.15, -0.1) is 0 Å². The number of anilines is 1. The van der Waals surface area contributed by atoms with Gasteiger partial charge in [-0.3, -0.25) is 19.2 Å². The number of hydrogen-bond donors (Lipinski definition) is 2. The van der Waals surface area contributed by atoms with Gasteiger partial charge in [0, 0.05) is 37.8 Å². The molecular formula is C17H25N5O2. The standard InChI is InChI=1S/C17H25N5O2/c1-21-15(13-4-2-3-5-14(13)20-21)19-17(24)16(23)18-10-12-8-9-22(12)11-6-7-11/h11-12H,2-10H2,1H3,(H,18,23)(H,19,24). The van der Waals surface area contributed by atoms with E-state index in [0.717, 1.165) is 55.9 Å². The van der Waals surface area contributed by atoms with Crippen molar-refractivity contribution < 1.29 is 9.59 Å². The summed E-state index contributed by atoms with van der Waals surface area (Å²) < 4.78 is 1.68. The van der Waals surface area contributed by atoms with Crippen LogP contribution in [0.25, 0.3) is 0 Å². The predicted octanol–water partition coefficient (Wildman–Crippen LogP) is 0.590. The summed E-state index contributed by atoms with van der Waals surface area (Å²) in [5.41, 5.74) is 2.14. The molecule has 0 radical (unpaired) electrons. The van der Waals surface area contributed by atoms with Gasteiger partial charge in [0.15, 0.2) is 0 Å². The summed E-state index contributed by atoms with van der Waals surface area (Å²) in [5, 5.41) is 10.0. The van der Waals surface area contributed by atoms with Crippen LogP contribution in [0.4, 0.5) is 5.82 Å². The maximum absolute atomic E-state index is 12.2. The van der Waals surface area contributed by atoms with Gasteiger partial charge in [0.2, 0.25) is 0 Å². The van der Waals surface area contributed by atoms with Crippen molar-refractivity contribution >= 4 is 17.6 Å². The average Bonchev–Trinajstić information content (AvgIpc) is 3.31. The third-order valence-electron chi connectivity index (χ3n) is 5.46. The molecule has 2 fully saturated rings. The Morgan fingerprint density at radius 2 is 1.96 bits per heavy atom. The van der Waals surface area contributed by atoms with Gasteiger partial charge < -0.3 is 10.6 Å². The van der Waals surface area contributed by atoms with Crippen LogP contribution in [0.2, 0.25) is 0 Å². The van der Waals surface area contributed by atoms with Crippen molar-refractivity contribution in [3.05, 3.63) is 11.3 Å². The van der Waals surface area contributed by atoms with Gasteiger partial charge in [-0.2, -0.15) is 5.10 Å². The van der Waals surface area contributed by atoms with Gasteiger partial charge in [-0.05, 0) is 44.9 Å². The lowest BCUT2D eigenvalue weighted by Gasteiger charge is -2.41. The van der Waals surface area contributed by atoms with Gasteiger partial charge in [0.25, 0.3) is 0 Å². The van der Waals surface area contributed by atoms with Gasteiger partial charge >= 0.3 is 11.8 Å². The largest absolute Gasteiger partial charge is 0.346 e. The molecule has 2 heterocycles. The van der Waals surface area contributed by atoms with E-state index in [1.807, 2.05) is 7.05 Å². The average molecular weight is 331 g/mol. The molecule has 1 aromatic rings. The number of hydrogen-bond acceptors (Lipinski definition) is 4. The van der Waals surface area contributed by atoms with E-state index < -0.39 is 11.8 Å². The molecule has 0 aromatic carbocycles. The second-order valence-electron chi connectivity index (χ2n) is 7.18. The van der Waals surface area contributed by atoms with Gasteiger partial charge in [0.05, 0.1) is 5.69 Å². The molecule has 7 heteroatoms. The molecule has 1 atom stereocenters. The van der Waals surface area contributed by atoms with Crippen LogP contribution in [0.15, 0.2) is 0 Å². The van der Waals surface area contributed by atoms with Crippen LogP contribution < -0.4 is 10.6 Å². The van der Waals surface area contributed by atoms with E-state index in [2.05, 4.69) is 20.6 Å². The highest BCUT2D eigenvalue weighted by molar-refractivity contribution is 6.39. The van der Waals surface area contributed by atoms with Crippen LogP contribution in [0.5, 0.6) is 0 Å². The first-order valence-corrected chi connectivity index (χ1v) is 9.03. The number of likely N-dealkylation sites (tertiary alicyclic amines) is 1. The van der Waals surface area contributed by atoms with Crippen LogP contribution in [-0.2, 0) is 29.5 Å². The summed E-state index contributed by atoms with van der Waals surface area (Å²) in [6.07, 6.45) is 7.76. The van der Waals surface area contributed by atoms with Crippen molar-refractivity contribution in [1.29, 1.82) is 0 Å². The Morgan fingerprint density at radius 1 is 1.17 bits per heavy atom. The van der Waals surface area contributed by atoms with E-state index in [1.165, 1.54) is 12.8 Å². The fourth-order valence-electron chi connectivity index (χ4n) is 3.86. The molecule has 1 aliphatic heterocycles. The molecule has 2 N–H and O–H groups in total. The maximum Gasteiger partial charge on any atom is 0.314 e. The quantitative estimate of drug-likeness (QED) is 0.792. The summed E-state index contributed by atoms with van der Waals surface area (Å²) in [7, 11) is 1.81. The van der Waals surface area contributed by atoms with E-state index in [4.69, 9.17) is 0 Å². The molecule has 1 aromatic heterocycles. The van der Waals surface area contributed by atoms with E-state index in [9.17, 15) is 9.59 Å². The molecule has 0 bridgehead atoms. The monoisotopic (exact) mass is 331 g/mol. The third-order valence-corrected chi connectivity index (χ3v) is 5.46. The first-order valence-electron chi connectivity index (χ1n) is 9.03. The molecular weight excluding hydrogens is 306 g/mol. The normalized spacial score (nSPS) is 23.3. The SMILES string of the molecule is Cn1nc2c(c1NC(=O)C(=O)NCC1CCN1C1CC1)CCCC2. The Kier molecular flexibility index (Phi) is 4.04. The number of carbonyl (C=O) groups excluding carboxylic acids is 2. The number of nitrogens with one attached hydrogen (secondary N) is 2. The van der Waals surface area contributed by atoms with Crippen LogP contribution >= 0.6 is 0 Å². The molecule has 4 rings (SSSR count). The lowest BCUT2D eigenvalue weighted by Crippen LogP contribution is -2.55. The fraction of sp³-hybridized carbons (Fsp3) is 0.706. The number of nitrogens with zero attached hydrogens (tertiary/aromatic N) is 3. The molecule has 7 nitrogen and oxygen atoms in total. The van der Waals surface area contributed by atoms with E-state index >= 15 is 0 Å². The molecule has 1 saturated heterocycles. The summed E-state index contributed by atoms with van der Waals surface area (Å²) in [6.45, 7) is 1.69. The Morgan fingerprint density at radius 3 is 2.67 bits per heavy atom. The number of aryl methyl sites for hydroxylation is 2. The van der Waals surface area contributed by atoms with Crippen molar-refractivity contribution in [3.63, 3.8) is 0 Å². The van der Waals surface area contributed by atoms with Crippen molar-refractivity contribution in [2.45, 2.75) is 57.0 Å². The summed E-state index contributed by atoms with van der Waals surface area (Å²) in [4.78, 5) is 26.8. The highest BCUT2D eigenvalue weighted by atomic mass is 16.2. The van der Waals surface area contributed by atoms with Crippen LogP contribution in [0, 0.1) is 0 Å². The van der Waals surface area contributed by atoms with Gasteiger partial charge in [-0.25, -0.2) is 0 Å². The zero-order valence-corrected chi connectivity index (χ0v) is 14.2. The zero-order valence-electron chi connectivity index (χ0n) is 14.2. The summed E-state index contributed by atoms with van der Waals surface area (Å²) >= 11 is 0. The number of aromatic nitrogens is 2. The zero-order chi connectivity index (χ0) is 16.7. The van der Waals surface area contributed by atoms with Gasteiger partial charge in [0.1, 0.15) is 5.82 Å². The first-order chi connectivity index (χ1) is 11.6. The highest BCUT2D eigenvalue weighted by Crippen LogP contribution is 2.34. The third kappa shape index (κ3) is 2.92. The van der Waals surface area contributed by atoms with Crippen molar-refractivity contribution in [2.24, 2.45) is 7.05 Å². The fourth-order valence-corrected chi connectivity index (χ4v) is 3.86. The van der Waals surface area contributed by atoms with Crippen LogP contribution in [0.1, 0.15) is 43.4 Å². The molecule has 1 saturated carbocycles. The van der Waals surface area contributed by atoms with Crippen molar-refractivity contribution in [2.75, 3.05) is 18.4 Å². The highest BCUT2D eigenvalue weighted by Gasteiger charge is 2.39. The van der Waals surface area contributed by atoms with Crippen molar-refractivity contribution in [1.82, 2.24) is 20.0 Å². The second-order valence-corrected chi connectivity index (χ2v) is 7.18. The lowest BCUT2D eigenvalue weighted by atomic mass is 9.97. The Bertz CT molecular complexity index is 664. The number of carbonyl (C=O) groups is 2. The summed E-state index contributed by atoms with van der Waals surface area (Å²) in [6, 6.07) is 1.12. The minimum atomic E-state index is -0.594. The minimum absolute atomic E-state index is 0.402. The van der Waals surface area contributed by atoms with Gasteiger partial charge in [-0.1, -0.05) is 0 Å². The lowest BCUT2D eigenvalue weighted by molar-refractivity contribution is -0.136. The Hall–Kier alpha value is -1.89. The number of fused-ring (bicyclic) bond motifs is 1. The Labute approximate surface area is 141 Å². The summed E-state index contributed by atoms with van der Waals surface area (Å²) in [5.74, 6) is -0.472. The topological polar surface area (TPSA) is 79.3 Å². The number of amides is 2. The van der Waals surface area contributed by atoms with E-state index in [-0.39, 0.29) is 0 Å². The van der Waals surface area contributed by atoms with Crippen LogP contribution in [0.3, 0.4) is 0 Å².